The molecule has 4 atom stereocenters. The summed E-state index contributed by atoms with van der Waals surface area (Å²) in [7, 11) is -3.85. The Hall–Kier alpha value is -2.42. The molecule has 2 aliphatic heterocycles. The highest BCUT2D eigenvalue weighted by Crippen LogP contribution is 2.39. The molecule has 0 radical (unpaired) electrons. The van der Waals surface area contributed by atoms with Crippen molar-refractivity contribution in [2.75, 3.05) is 0 Å². The van der Waals surface area contributed by atoms with Gasteiger partial charge in [-0.3, -0.25) is 9.59 Å². The predicted molar refractivity (Wildman–Crippen MR) is 82.5 cm³/mol. The van der Waals surface area contributed by atoms with Crippen LogP contribution in [0.1, 0.15) is 12.5 Å². The van der Waals surface area contributed by atoms with E-state index in [4.69, 9.17) is 0 Å². The van der Waals surface area contributed by atoms with Crippen molar-refractivity contribution in [3.05, 3.63) is 35.9 Å². The van der Waals surface area contributed by atoms with E-state index in [0.29, 0.717) is 0 Å². The van der Waals surface area contributed by atoms with E-state index in [1.807, 2.05) is 0 Å². The number of carboxylic acids is 1. The summed E-state index contributed by atoms with van der Waals surface area (Å²) in [4.78, 5) is 36.3. The molecule has 2 amide bonds. The average Bonchev–Trinajstić information content (AvgIpc) is 2.71. The number of benzene rings is 1. The second-order valence-electron chi connectivity index (χ2n) is 5.92. The van der Waals surface area contributed by atoms with Crippen LogP contribution in [-0.2, 0) is 30.6 Å². The number of aliphatic carboxylic acids is 1. The summed E-state index contributed by atoms with van der Waals surface area (Å²) < 4.78 is 24.7. The number of β-lactam (4-membered cyclic amide) rings is 1. The quantitative estimate of drug-likeness (QED) is 0.681. The molecule has 9 heteroatoms. The van der Waals surface area contributed by atoms with Crippen LogP contribution < -0.4 is 5.32 Å². The molecule has 0 saturated carbocycles. The Balaban J connectivity index is 1.76. The van der Waals surface area contributed by atoms with E-state index < -0.39 is 50.3 Å². The van der Waals surface area contributed by atoms with Crippen LogP contribution in [0.4, 0.5) is 0 Å². The van der Waals surface area contributed by atoms with Gasteiger partial charge in [-0.15, -0.1) is 0 Å². The Bertz CT molecular complexity index is 807. The van der Waals surface area contributed by atoms with Crippen molar-refractivity contribution in [3.63, 3.8) is 0 Å². The van der Waals surface area contributed by atoms with Crippen molar-refractivity contribution in [1.29, 1.82) is 0 Å². The molecule has 0 aromatic heterocycles. The highest BCUT2D eigenvalue weighted by molar-refractivity contribution is 7.93. The minimum atomic E-state index is -3.85. The molecule has 24 heavy (non-hydrogen) atoms. The monoisotopic (exact) mass is 352 g/mol. The Morgan fingerprint density at radius 1 is 1.25 bits per heavy atom. The second kappa shape index (κ2) is 5.59. The number of nitrogens with one attached hydrogen (secondary N) is 1. The topological polar surface area (TPSA) is 121 Å². The summed E-state index contributed by atoms with van der Waals surface area (Å²) in [6, 6.07) is 6.17. The van der Waals surface area contributed by atoms with Crippen molar-refractivity contribution in [3.8, 4) is 0 Å². The van der Waals surface area contributed by atoms with E-state index in [1.54, 1.807) is 30.3 Å². The minimum absolute atomic E-state index is 0.00923. The van der Waals surface area contributed by atoms with Gasteiger partial charge < -0.3 is 15.3 Å². The van der Waals surface area contributed by atoms with Crippen LogP contribution in [-0.4, -0.2) is 58.9 Å². The number of nitrogens with zero attached hydrogens (tertiary/aromatic N) is 1. The van der Waals surface area contributed by atoms with Crippen molar-refractivity contribution < 1.29 is 27.9 Å². The molecular formula is C15H16N2O6S. The summed E-state index contributed by atoms with van der Waals surface area (Å²) in [5.74, 6) is -2.53. The summed E-state index contributed by atoms with van der Waals surface area (Å²) in [5, 5.41) is 9.08. The lowest BCUT2D eigenvalue weighted by Gasteiger charge is -2.42. The minimum Gasteiger partial charge on any atom is -0.480 e. The molecule has 128 valence electrons. The maximum absolute atomic E-state index is 12.4. The second-order valence-corrected chi connectivity index (χ2v) is 8.33. The van der Waals surface area contributed by atoms with Gasteiger partial charge in [-0.1, -0.05) is 30.3 Å². The van der Waals surface area contributed by atoms with Crippen molar-refractivity contribution >= 4 is 27.6 Å². The molecule has 2 saturated heterocycles. The summed E-state index contributed by atoms with van der Waals surface area (Å²) >= 11 is 0. The third-order valence-corrected chi connectivity index (χ3v) is 6.92. The number of carbonyl (C=O) groups excluding carboxylic acids is 2. The Morgan fingerprint density at radius 3 is 2.46 bits per heavy atom. The van der Waals surface area contributed by atoms with Gasteiger partial charge in [-0.05, 0) is 12.5 Å². The highest BCUT2D eigenvalue weighted by atomic mass is 32.2. The number of fused-ring (bicyclic) bond motifs is 1. The molecule has 2 heterocycles. The summed E-state index contributed by atoms with van der Waals surface area (Å²) in [6.45, 7) is 1.27. The fourth-order valence-electron chi connectivity index (χ4n) is 3.21. The first-order valence-corrected chi connectivity index (χ1v) is 8.97. The maximum Gasteiger partial charge on any atom is 0.327 e. The molecule has 0 spiro atoms. The standard InChI is InChI=1S/C15H16N2O6S/c1-8-12(15(20)21)17-13(19)11(14(17)24(8,22)23)16-10(18)7-9-5-3-2-4-6-9/h2-6,8,11-12,14H,7H2,1H3,(H,16,18)(H,20,21)/t8?,11?,12?,14-/m1/s1. The van der Waals surface area contributed by atoms with Gasteiger partial charge in [-0.25, -0.2) is 13.2 Å². The van der Waals surface area contributed by atoms with Crippen molar-refractivity contribution in [2.24, 2.45) is 0 Å². The molecule has 2 N–H and O–H groups in total. The lowest BCUT2D eigenvalue weighted by atomic mass is 10.0. The zero-order valence-corrected chi connectivity index (χ0v) is 13.6. The first-order valence-electron chi connectivity index (χ1n) is 7.36. The SMILES string of the molecule is CC1C(C(=O)O)N2C(=O)C(NC(=O)Cc3ccccc3)[C@H]2S1(=O)=O. The molecule has 2 aliphatic rings. The van der Waals surface area contributed by atoms with Crippen molar-refractivity contribution in [1.82, 2.24) is 10.2 Å². The van der Waals surface area contributed by atoms with Gasteiger partial charge in [0.15, 0.2) is 15.2 Å². The molecular weight excluding hydrogens is 336 g/mol. The molecule has 8 nitrogen and oxygen atoms in total. The zero-order valence-electron chi connectivity index (χ0n) is 12.7. The largest absolute Gasteiger partial charge is 0.480 e. The number of hydrogen-bond acceptors (Lipinski definition) is 5. The van der Waals surface area contributed by atoms with E-state index >= 15 is 0 Å². The smallest absolute Gasteiger partial charge is 0.327 e. The predicted octanol–water partition coefficient (Wildman–Crippen LogP) is -0.848. The van der Waals surface area contributed by atoms with Crippen LogP contribution in [0.3, 0.4) is 0 Å². The third kappa shape index (κ3) is 2.35. The fraction of sp³-hybridized carbons (Fsp3) is 0.400. The lowest BCUT2D eigenvalue weighted by Crippen LogP contribution is -2.72. The molecule has 0 aliphatic carbocycles. The van der Waals surface area contributed by atoms with E-state index in [0.717, 1.165) is 10.5 Å². The number of rotatable bonds is 4. The molecule has 0 bridgehead atoms. The molecule has 2 fully saturated rings. The number of sulfone groups is 1. The normalized spacial score (nSPS) is 30.4. The van der Waals surface area contributed by atoms with E-state index in [-0.39, 0.29) is 6.42 Å². The van der Waals surface area contributed by atoms with E-state index in [1.165, 1.54) is 6.92 Å². The first kappa shape index (κ1) is 16.4. The van der Waals surface area contributed by atoms with Crippen LogP contribution in [0.5, 0.6) is 0 Å². The van der Waals surface area contributed by atoms with Gasteiger partial charge in [0.25, 0.3) is 0 Å². The maximum atomic E-state index is 12.4. The third-order valence-electron chi connectivity index (χ3n) is 4.46. The van der Waals surface area contributed by atoms with Crippen LogP contribution in [0.2, 0.25) is 0 Å². The summed E-state index contributed by atoms with van der Waals surface area (Å²) in [6.07, 6.45) is 0.00923. The van der Waals surface area contributed by atoms with Crippen LogP contribution >= 0.6 is 0 Å². The number of hydrogen-bond donors (Lipinski definition) is 2. The lowest BCUT2D eigenvalue weighted by molar-refractivity contribution is -0.160. The van der Waals surface area contributed by atoms with Crippen LogP contribution in [0.25, 0.3) is 0 Å². The molecule has 1 aromatic rings. The van der Waals surface area contributed by atoms with Crippen LogP contribution in [0.15, 0.2) is 30.3 Å². The van der Waals surface area contributed by atoms with Gasteiger partial charge in [0.2, 0.25) is 11.8 Å². The van der Waals surface area contributed by atoms with E-state index in [9.17, 15) is 27.9 Å². The number of carbonyl (C=O) groups is 3. The first-order chi connectivity index (χ1) is 11.2. The molecule has 1 aromatic carbocycles. The van der Waals surface area contributed by atoms with Gasteiger partial charge in [0.1, 0.15) is 12.1 Å². The van der Waals surface area contributed by atoms with Gasteiger partial charge in [0, 0.05) is 0 Å². The average molecular weight is 352 g/mol. The number of amides is 2. The van der Waals surface area contributed by atoms with Crippen molar-refractivity contribution in [2.45, 2.75) is 36.1 Å². The Kier molecular flexibility index (Phi) is 3.83. The Labute approximate surface area is 138 Å². The zero-order chi connectivity index (χ0) is 17.6. The molecule has 3 rings (SSSR count). The number of carboxylic acid groups (broad SMARTS) is 1. The fourth-order valence-corrected chi connectivity index (χ4v) is 5.38. The van der Waals surface area contributed by atoms with Gasteiger partial charge in [-0.2, -0.15) is 0 Å². The Morgan fingerprint density at radius 2 is 1.88 bits per heavy atom. The van der Waals surface area contributed by atoms with Gasteiger partial charge >= 0.3 is 5.97 Å². The molecule has 3 unspecified atom stereocenters. The van der Waals surface area contributed by atoms with E-state index in [2.05, 4.69) is 5.32 Å². The summed E-state index contributed by atoms with van der Waals surface area (Å²) in [5.41, 5.74) is 0.727. The highest BCUT2D eigenvalue weighted by Gasteiger charge is 2.67. The van der Waals surface area contributed by atoms with Gasteiger partial charge in [0.05, 0.1) is 11.7 Å². The van der Waals surface area contributed by atoms with Crippen LogP contribution in [0, 0.1) is 0 Å².